The molecule has 0 aliphatic carbocycles. The number of amides is 1. The lowest BCUT2D eigenvalue weighted by molar-refractivity contribution is 0.103. The molecule has 0 bridgehead atoms. The SMILES string of the molecule is CCN(CC)S(=O)(=O)c1ccc(O)c(NC(=O)c2cc(C)c(C)s2)c1. The molecule has 0 aliphatic heterocycles. The van der Waals surface area contributed by atoms with Crippen molar-refractivity contribution >= 4 is 33.0 Å². The summed E-state index contributed by atoms with van der Waals surface area (Å²) < 4.78 is 26.5. The van der Waals surface area contributed by atoms with Crippen molar-refractivity contribution in [3.63, 3.8) is 0 Å². The summed E-state index contributed by atoms with van der Waals surface area (Å²) in [6, 6.07) is 5.66. The monoisotopic (exact) mass is 382 g/mol. The first-order valence-corrected chi connectivity index (χ1v) is 10.2. The molecule has 0 radical (unpaired) electrons. The van der Waals surface area contributed by atoms with Crippen LogP contribution >= 0.6 is 11.3 Å². The number of carbonyl (C=O) groups is 1. The van der Waals surface area contributed by atoms with Gasteiger partial charge in [-0.2, -0.15) is 4.31 Å². The normalized spacial score (nSPS) is 11.7. The quantitative estimate of drug-likeness (QED) is 0.750. The van der Waals surface area contributed by atoms with Crippen molar-refractivity contribution < 1.29 is 18.3 Å². The lowest BCUT2D eigenvalue weighted by atomic mass is 10.2. The van der Waals surface area contributed by atoms with Crippen LogP contribution in [0.25, 0.3) is 0 Å². The molecule has 6 nitrogen and oxygen atoms in total. The highest BCUT2D eigenvalue weighted by Gasteiger charge is 2.23. The molecule has 0 unspecified atom stereocenters. The Hall–Kier alpha value is -1.90. The van der Waals surface area contributed by atoms with Crippen molar-refractivity contribution in [1.82, 2.24) is 4.31 Å². The molecule has 8 heteroatoms. The third kappa shape index (κ3) is 4.02. The molecule has 1 amide bonds. The summed E-state index contributed by atoms with van der Waals surface area (Å²) in [5.74, 6) is -0.564. The van der Waals surface area contributed by atoms with E-state index < -0.39 is 10.0 Å². The number of hydrogen-bond acceptors (Lipinski definition) is 5. The highest BCUT2D eigenvalue weighted by atomic mass is 32.2. The van der Waals surface area contributed by atoms with Gasteiger partial charge in [0.1, 0.15) is 5.75 Å². The van der Waals surface area contributed by atoms with E-state index in [1.807, 2.05) is 13.8 Å². The van der Waals surface area contributed by atoms with Gasteiger partial charge in [0.05, 0.1) is 15.5 Å². The molecule has 1 heterocycles. The minimum absolute atomic E-state index is 0.0304. The number of carbonyl (C=O) groups excluding carboxylic acids is 1. The van der Waals surface area contributed by atoms with Gasteiger partial charge in [0.25, 0.3) is 5.91 Å². The summed E-state index contributed by atoms with van der Waals surface area (Å²) in [6.45, 7) is 8.03. The van der Waals surface area contributed by atoms with Gasteiger partial charge in [-0.05, 0) is 43.7 Å². The molecule has 2 rings (SSSR count). The smallest absolute Gasteiger partial charge is 0.265 e. The van der Waals surface area contributed by atoms with Crippen molar-refractivity contribution in [3.8, 4) is 5.75 Å². The second-order valence-electron chi connectivity index (χ2n) is 5.57. The van der Waals surface area contributed by atoms with Gasteiger partial charge in [-0.1, -0.05) is 13.8 Å². The number of aryl methyl sites for hydroxylation is 2. The van der Waals surface area contributed by atoms with Gasteiger partial charge >= 0.3 is 0 Å². The summed E-state index contributed by atoms with van der Waals surface area (Å²) in [4.78, 5) is 13.9. The van der Waals surface area contributed by atoms with E-state index >= 15 is 0 Å². The fourth-order valence-electron chi connectivity index (χ4n) is 2.36. The van der Waals surface area contributed by atoms with E-state index in [9.17, 15) is 18.3 Å². The Morgan fingerprint density at radius 2 is 1.84 bits per heavy atom. The first kappa shape index (κ1) is 19.4. The molecular weight excluding hydrogens is 360 g/mol. The number of rotatable bonds is 6. The zero-order valence-electron chi connectivity index (χ0n) is 14.7. The Kier molecular flexibility index (Phi) is 5.87. The van der Waals surface area contributed by atoms with Crippen molar-refractivity contribution in [2.45, 2.75) is 32.6 Å². The van der Waals surface area contributed by atoms with E-state index in [1.165, 1.54) is 33.8 Å². The van der Waals surface area contributed by atoms with Gasteiger partial charge in [0.2, 0.25) is 10.0 Å². The van der Waals surface area contributed by atoms with Crippen LogP contribution in [0.1, 0.15) is 34.0 Å². The summed E-state index contributed by atoms with van der Waals surface area (Å²) in [7, 11) is -3.67. The maximum atomic E-state index is 12.6. The second kappa shape index (κ2) is 7.55. The van der Waals surface area contributed by atoms with Gasteiger partial charge < -0.3 is 10.4 Å². The minimum atomic E-state index is -3.67. The Labute approximate surface area is 152 Å². The van der Waals surface area contributed by atoms with E-state index in [0.717, 1.165) is 10.4 Å². The van der Waals surface area contributed by atoms with Crippen LogP contribution in [0.15, 0.2) is 29.2 Å². The largest absolute Gasteiger partial charge is 0.506 e. The predicted octanol–water partition coefficient (Wildman–Crippen LogP) is 3.35. The number of phenolic OH excluding ortho intramolecular Hbond substituents is 1. The summed E-state index contributed by atoms with van der Waals surface area (Å²) >= 11 is 1.35. The Morgan fingerprint density at radius 1 is 1.20 bits per heavy atom. The number of thiophene rings is 1. The highest BCUT2D eigenvalue weighted by molar-refractivity contribution is 7.89. The molecule has 1 aromatic carbocycles. The van der Waals surface area contributed by atoms with Crippen molar-refractivity contribution in [2.75, 3.05) is 18.4 Å². The van der Waals surface area contributed by atoms with E-state index in [2.05, 4.69) is 5.32 Å². The molecule has 0 saturated heterocycles. The fourth-order valence-corrected chi connectivity index (χ4v) is 4.77. The lowest BCUT2D eigenvalue weighted by Crippen LogP contribution is -2.30. The molecule has 1 aromatic heterocycles. The van der Waals surface area contributed by atoms with Crippen LogP contribution in [0.3, 0.4) is 0 Å². The van der Waals surface area contributed by atoms with Crippen LogP contribution in [0.2, 0.25) is 0 Å². The van der Waals surface area contributed by atoms with Crippen LogP contribution in [-0.4, -0.2) is 36.8 Å². The van der Waals surface area contributed by atoms with E-state index in [-0.39, 0.29) is 22.2 Å². The van der Waals surface area contributed by atoms with Crippen molar-refractivity contribution in [3.05, 3.63) is 39.6 Å². The van der Waals surface area contributed by atoms with E-state index in [1.54, 1.807) is 19.9 Å². The zero-order valence-corrected chi connectivity index (χ0v) is 16.3. The maximum Gasteiger partial charge on any atom is 0.265 e. The minimum Gasteiger partial charge on any atom is -0.506 e. The number of hydrogen-bond donors (Lipinski definition) is 2. The van der Waals surface area contributed by atoms with E-state index in [4.69, 9.17) is 0 Å². The maximum absolute atomic E-state index is 12.6. The molecule has 136 valence electrons. The van der Waals surface area contributed by atoms with Crippen LogP contribution in [0.5, 0.6) is 5.75 Å². The van der Waals surface area contributed by atoms with Crippen LogP contribution < -0.4 is 5.32 Å². The second-order valence-corrected chi connectivity index (χ2v) is 8.77. The average molecular weight is 383 g/mol. The van der Waals surface area contributed by atoms with Gasteiger partial charge in [0.15, 0.2) is 0 Å². The highest BCUT2D eigenvalue weighted by Crippen LogP contribution is 2.29. The molecule has 0 fully saturated rings. The number of benzene rings is 1. The molecule has 0 spiro atoms. The molecule has 2 N–H and O–H groups in total. The standard InChI is InChI=1S/C17H22N2O4S2/c1-5-19(6-2)25(22,23)13-7-8-15(20)14(10-13)18-17(21)16-9-11(3)12(4)24-16/h7-10,20H,5-6H2,1-4H3,(H,18,21). The Morgan fingerprint density at radius 3 is 2.36 bits per heavy atom. The number of aromatic hydroxyl groups is 1. The summed E-state index contributed by atoms with van der Waals surface area (Å²) in [6.07, 6.45) is 0. The predicted molar refractivity (Wildman–Crippen MR) is 100.0 cm³/mol. The molecule has 0 aliphatic rings. The number of nitrogens with zero attached hydrogens (tertiary/aromatic N) is 1. The fraction of sp³-hybridized carbons (Fsp3) is 0.353. The first-order chi connectivity index (χ1) is 11.7. The Balaban J connectivity index is 2.35. The van der Waals surface area contributed by atoms with Crippen LogP contribution in [0.4, 0.5) is 5.69 Å². The van der Waals surface area contributed by atoms with Crippen LogP contribution in [-0.2, 0) is 10.0 Å². The number of sulfonamides is 1. The zero-order chi connectivity index (χ0) is 18.8. The Bertz CT molecular complexity index is 865. The van der Waals surface area contributed by atoms with Gasteiger partial charge in [-0.25, -0.2) is 8.42 Å². The lowest BCUT2D eigenvalue weighted by Gasteiger charge is -2.19. The topological polar surface area (TPSA) is 86.7 Å². The third-order valence-electron chi connectivity index (χ3n) is 3.95. The van der Waals surface area contributed by atoms with Crippen molar-refractivity contribution in [1.29, 1.82) is 0 Å². The summed E-state index contributed by atoms with van der Waals surface area (Å²) in [5.41, 5.74) is 1.08. The average Bonchev–Trinajstić information content (AvgIpc) is 2.89. The van der Waals surface area contributed by atoms with Crippen molar-refractivity contribution in [2.24, 2.45) is 0 Å². The molecule has 0 atom stereocenters. The summed E-state index contributed by atoms with van der Waals surface area (Å²) in [5, 5.41) is 12.6. The van der Waals surface area contributed by atoms with E-state index in [0.29, 0.717) is 18.0 Å². The van der Waals surface area contributed by atoms with Crippen LogP contribution in [0, 0.1) is 13.8 Å². The third-order valence-corrected chi connectivity index (χ3v) is 7.15. The number of anilines is 1. The van der Waals surface area contributed by atoms with Gasteiger partial charge in [-0.3, -0.25) is 4.79 Å². The molecule has 2 aromatic rings. The molecular formula is C17H22N2O4S2. The van der Waals surface area contributed by atoms with Gasteiger partial charge in [-0.15, -0.1) is 11.3 Å². The number of nitrogens with one attached hydrogen (secondary N) is 1. The van der Waals surface area contributed by atoms with Gasteiger partial charge in [0, 0.05) is 18.0 Å². The molecule has 0 saturated carbocycles. The number of phenols is 1. The molecule has 25 heavy (non-hydrogen) atoms. The first-order valence-electron chi connectivity index (χ1n) is 7.92.